The topological polar surface area (TPSA) is 52.6 Å². The fraction of sp³-hybridized carbons (Fsp3) is 0.720. The van der Waals surface area contributed by atoms with Crippen molar-refractivity contribution < 1.29 is 23.5 Å². The number of ketones is 1. The van der Waals surface area contributed by atoms with Crippen molar-refractivity contribution in [3.63, 3.8) is 0 Å². The number of halogens is 3. The van der Waals surface area contributed by atoms with Crippen LogP contribution >= 0.6 is 35.4 Å². The van der Waals surface area contributed by atoms with E-state index in [0.29, 0.717) is 18.4 Å². The monoisotopic (exact) mass is 516 g/mol. The Morgan fingerprint density at radius 3 is 2.58 bits per heavy atom. The van der Waals surface area contributed by atoms with Crippen molar-refractivity contribution in [2.24, 2.45) is 28.6 Å². The number of carbonyl (C=O) groups is 2. The van der Waals surface area contributed by atoms with Gasteiger partial charge < -0.3 is 9.47 Å². The van der Waals surface area contributed by atoms with Crippen LogP contribution in [-0.2, 0) is 19.1 Å². The van der Waals surface area contributed by atoms with E-state index in [-0.39, 0.29) is 47.4 Å². The minimum atomic E-state index is -1.31. The first-order valence-electron chi connectivity index (χ1n) is 11.6. The second-order valence-corrected chi connectivity index (χ2v) is 12.0. The number of alkyl halides is 3. The zero-order valence-electron chi connectivity index (χ0n) is 19.6. The van der Waals surface area contributed by atoms with Gasteiger partial charge in [-0.15, -0.1) is 23.2 Å². The van der Waals surface area contributed by atoms with Gasteiger partial charge in [-0.3, -0.25) is 9.59 Å². The molecular weight excluding hydrogens is 486 g/mol. The van der Waals surface area contributed by atoms with Crippen LogP contribution < -0.4 is 0 Å². The summed E-state index contributed by atoms with van der Waals surface area (Å²) in [6.45, 7) is 7.65. The highest BCUT2D eigenvalue weighted by atomic mass is 35.5. The van der Waals surface area contributed by atoms with E-state index in [9.17, 15) is 9.59 Å². The molecule has 9 atom stereocenters. The number of esters is 1. The van der Waals surface area contributed by atoms with Gasteiger partial charge in [-0.25, -0.2) is 4.39 Å². The van der Waals surface area contributed by atoms with Crippen LogP contribution in [0.2, 0.25) is 0 Å². The third-order valence-electron chi connectivity index (χ3n) is 9.18. The standard InChI is InChI=1S/C25H31Cl2FO4S/c1-6-20(30)32-25(21(33)31-5)13(2)9-15-16-11-18(28)17-10-14(29)7-8-22(17,3)24(16,27)19(26)12-23(15,25)4/h7-8,10,13,15-16,18-19H,6,9,11-12H2,1-5H3/t13-,15-,16-,18-,19-,22-,23-,24-,25-/m0/s1. The molecule has 0 aromatic rings. The van der Waals surface area contributed by atoms with Crippen molar-refractivity contribution in [1.29, 1.82) is 0 Å². The molecule has 8 heteroatoms. The molecular formula is C25H31Cl2FO4S. The number of ether oxygens (including phenoxy) is 2. The summed E-state index contributed by atoms with van der Waals surface area (Å²) in [5, 5.41) is -0.371. The van der Waals surface area contributed by atoms with E-state index in [0.717, 1.165) is 0 Å². The summed E-state index contributed by atoms with van der Waals surface area (Å²) in [6, 6.07) is 0. The maximum Gasteiger partial charge on any atom is 0.306 e. The molecule has 4 aliphatic rings. The molecule has 4 aliphatic carbocycles. The third-order valence-corrected chi connectivity index (χ3v) is 11.2. The lowest BCUT2D eigenvalue weighted by Gasteiger charge is -2.64. The molecule has 3 saturated carbocycles. The van der Waals surface area contributed by atoms with Crippen molar-refractivity contribution in [3.05, 3.63) is 23.8 Å². The molecule has 0 bridgehead atoms. The highest BCUT2D eigenvalue weighted by molar-refractivity contribution is 7.80. The third kappa shape index (κ3) is 3.02. The van der Waals surface area contributed by atoms with Gasteiger partial charge in [-0.2, -0.15) is 0 Å². The first kappa shape index (κ1) is 25.1. The van der Waals surface area contributed by atoms with Gasteiger partial charge in [-0.05, 0) is 61.0 Å². The molecule has 4 nitrogen and oxygen atoms in total. The maximum absolute atomic E-state index is 15.7. The van der Waals surface area contributed by atoms with E-state index >= 15 is 4.39 Å². The van der Waals surface area contributed by atoms with E-state index in [2.05, 4.69) is 0 Å². The molecule has 182 valence electrons. The van der Waals surface area contributed by atoms with Crippen molar-refractivity contribution in [2.75, 3.05) is 7.11 Å². The Morgan fingerprint density at radius 2 is 1.97 bits per heavy atom. The fourth-order valence-electron chi connectivity index (χ4n) is 7.56. The van der Waals surface area contributed by atoms with E-state index < -0.39 is 32.9 Å². The number of carbonyl (C=O) groups excluding carboxylic acids is 2. The van der Waals surface area contributed by atoms with Crippen LogP contribution in [0.3, 0.4) is 0 Å². The number of thiocarbonyl (C=S) groups is 1. The van der Waals surface area contributed by atoms with E-state index in [1.165, 1.54) is 19.3 Å². The van der Waals surface area contributed by atoms with Gasteiger partial charge in [0.1, 0.15) is 6.17 Å². The van der Waals surface area contributed by atoms with Gasteiger partial charge in [0.2, 0.25) is 5.05 Å². The maximum atomic E-state index is 15.7. The van der Waals surface area contributed by atoms with E-state index in [1.807, 2.05) is 20.8 Å². The molecule has 3 fully saturated rings. The molecule has 0 radical (unpaired) electrons. The normalized spacial score (nSPS) is 48.3. The summed E-state index contributed by atoms with van der Waals surface area (Å²) >= 11 is 20.3. The Balaban J connectivity index is 1.88. The van der Waals surface area contributed by atoms with Gasteiger partial charge in [0.25, 0.3) is 0 Å². The highest BCUT2D eigenvalue weighted by Gasteiger charge is 2.76. The van der Waals surface area contributed by atoms with Crippen LogP contribution in [0.4, 0.5) is 4.39 Å². The number of rotatable bonds is 3. The Kier molecular flexibility index (Phi) is 6.11. The summed E-state index contributed by atoms with van der Waals surface area (Å²) < 4.78 is 27.4. The molecule has 0 saturated heterocycles. The lowest BCUT2D eigenvalue weighted by molar-refractivity contribution is -0.174. The number of fused-ring (bicyclic) bond motifs is 5. The average Bonchev–Trinajstić information content (AvgIpc) is 2.98. The summed E-state index contributed by atoms with van der Waals surface area (Å²) in [6.07, 6.45) is 4.67. The molecule has 0 unspecified atom stereocenters. The van der Waals surface area contributed by atoms with Crippen molar-refractivity contribution in [1.82, 2.24) is 0 Å². The van der Waals surface area contributed by atoms with Crippen LogP contribution in [-0.4, -0.2) is 45.9 Å². The smallest absolute Gasteiger partial charge is 0.306 e. The second kappa shape index (κ2) is 8.03. The molecule has 0 aromatic carbocycles. The Labute approximate surface area is 210 Å². The number of hydrogen-bond acceptors (Lipinski definition) is 5. The van der Waals surface area contributed by atoms with Gasteiger partial charge in [0.05, 0.1) is 17.4 Å². The average molecular weight is 517 g/mol. The first-order chi connectivity index (χ1) is 15.3. The molecule has 0 spiro atoms. The number of methoxy groups -OCH3 is 1. The SMILES string of the molecule is CCC(=O)O[C@]1(C(=S)OC)[C@@H](C)C[C@H]2[C@@H]3C[C@H](F)C4=CC(=O)C=C[C@]4(C)[C@@]3(Cl)[C@@H](Cl)C[C@@]21C. The minimum absolute atomic E-state index is 0.111. The zero-order chi connectivity index (χ0) is 24.6. The largest absolute Gasteiger partial charge is 0.487 e. The Hall–Kier alpha value is -0.980. The van der Waals surface area contributed by atoms with E-state index in [1.54, 1.807) is 13.0 Å². The van der Waals surface area contributed by atoms with Gasteiger partial charge in [0.15, 0.2) is 11.4 Å². The minimum Gasteiger partial charge on any atom is -0.487 e. The molecule has 0 N–H and O–H groups in total. The van der Waals surface area contributed by atoms with Crippen molar-refractivity contribution in [3.8, 4) is 0 Å². The summed E-state index contributed by atoms with van der Waals surface area (Å²) in [5.41, 5.74) is -2.36. The Morgan fingerprint density at radius 1 is 1.30 bits per heavy atom. The van der Waals surface area contributed by atoms with Crippen LogP contribution in [0.15, 0.2) is 23.8 Å². The van der Waals surface area contributed by atoms with Crippen LogP contribution in [0.5, 0.6) is 0 Å². The lowest BCUT2D eigenvalue weighted by Crippen LogP contribution is -2.69. The Bertz CT molecular complexity index is 968. The lowest BCUT2D eigenvalue weighted by atomic mass is 9.46. The van der Waals surface area contributed by atoms with Crippen LogP contribution in [0.25, 0.3) is 0 Å². The highest BCUT2D eigenvalue weighted by Crippen LogP contribution is 2.73. The quantitative estimate of drug-likeness (QED) is 0.272. The molecule has 33 heavy (non-hydrogen) atoms. The van der Waals surface area contributed by atoms with Crippen LogP contribution in [0.1, 0.15) is 53.4 Å². The van der Waals surface area contributed by atoms with Crippen molar-refractivity contribution in [2.45, 2.75) is 75.4 Å². The molecule has 4 rings (SSSR count). The van der Waals surface area contributed by atoms with Crippen molar-refractivity contribution >= 4 is 52.2 Å². The fourth-order valence-corrected chi connectivity index (χ4v) is 9.23. The summed E-state index contributed by atoms with van der Waals surface area (Å²) in [4.78, 5) is 23.7. The first-order valence-corrected chi connectivity index (χ1v) is 12.8. The second-order valence-electron chi connectivity index (χ2n) is 10.5. The predicted octanol–water partition coefficient (Wildman–Crippen LogP) is 5.73. The molecule has 0 aromatic heterocycles. The summed E-state index contributed by atoms with van der Waals surface area (Å²) in [7, 11) is 1.49. The molecule has 0 heterocycles. The summed E-state index contributed by atoms with van der Waals surface area (Å²) in [5.74, 6) is -1.19. The molecule has 0 aliphatic heterocycles. The van der Waals surface area contributed by atoms with Gasteiger partial charge in [0, 0.05) is 23.2 Å². The van der Waals surface area contributed by atoms with Gasteiger partial charge >= 0.3 is 5.97 Å². The zero-order valence-corrected chi connectivity index (χ0v) is 22.0. The number of hydrogen-bond donors (Lipinski definition) is 0. The molecule has 0 amide bonds. The predicted molar refractivity (Wildman–Crippen MR) is 130 cm³/mol. The van der Waals surface area contributed by atoms with Crippen LogP contribution in [0, 0.1) is 28.6 Å². The van der Waals surface area contributed by atoms with E-state index in [4.69, 9.17) is 44.9 Å². The number of allylic oxidation sites excluding steroid dienone is 4. The van der Waals surface area contributed by atoms with Gasteiger partial charge in [-0.1, -0.05) is 33.8 Å².